The molecule has 0 spiro atoms. The van der Waals surface area contributed by atoms with E-state index in [1.54, 1.807) is 25.3 Å². The van der Waals surface area contributed by atoms with Crippen molar-refractivity contribution < 1.29 is 14.6 Å². The Kier molecular flexibility index (Phi) is 3.16. The molecule has 0 radical (unpaired) electrons. The van der Waals surface area contributed by atoms with E-state index in [-0.39, 0.29) is 22.9 Å². The van der Waals surface area contributed by atoms with Crippen LogP contribution in [-0.2, 0) is 4.79 Å². The molecule has 1 aromatic rings. The van der Waals surface area contributed by atoms with Crippen molar-refractivity contribution in [2.75, 3.05) is 7.11 Å². The van der Waals surface area contributed by atoms with Gasteiger partial charge in [-0.25, -0.2) is 0 Å². The number of hydrogen-bond donors (Lipinski definition) is 1. The topological polar surface area (TPSA) is 46.5 Å². The molecule has 3 nitrogen and oxygen atoms in total. The summed E-state index contributed by atoms with van der Waals surface area (Å²) in [5, 5.41) is 9.48. The van der Waals surface area contributed by atoms with Crippen molar-refractivity contribution in [3.05, 3.63) is 41.5 Å². The third-order valence-electron chi connectivity index (χ3n) is 4.99. The zero-order valence-electron chi connectivity index (χ0n) is 12.6. The number of ketones is 1. The van der Waals surface area contributed by atoms with Crippen LogP contribution < -0.4 is 4.74 Å². The third-order valence-corrected chi connectivity index (χ3v) is 4.99. The molecule has 0 saturated heterocycles. The van der Waals surface area contributed by atoms with Gasteiger partial charge < -0.3 is 9.84 Å². The Balaban J connectivity index is 1.89. The van der Waals surface area contributed by atoms with E-state index in [1.165, 1.54) is 0 Å². The summed E-state index contributed by atoms with van der Waals surface area (Å²) in [7, 11) is 1.58. The molecule has 1 fully saturated rings. The minimum Gasteiger partial charge on any atom is -0.508 e. The number of methoxy groups -OCH3 is 1. The number of phenolic OH excluding ortho intramolecular Hbond substituents is 1. The molecular weight excluding hydrogens is 264 g/mol. The summed E-state index contributed by atoms with van der Waals surface area (Å²) in [4.78, 5) is 12.1. The first kappa shape index (κ1) is 13.9. The number of benzene rings is 1. The fourth-order valence-electron chi connectivity index (χ4n) is 3.53. The number of hydrogen-bond acceptors (Lipinski definition) is 3. The van der Waals surface area contributed by atoms with E-state index in [2.05, 4.69) is 13.8 Å². The number of fused-ring (bicyclic) bond motifs is 1. The number of carbonyl (C=O) groups excluding carboxylic acids is 1. The van der Waals surface area contributed by atoms with Crippen LogP contribution in [0.5, 0.6) is 11.5 Å². The van der Waals surface area contributed by atoms with Crippen LogP contribution in [0, 0.1) is 17.3 Å². The highest BCUT2D eigenvalue weighted by molar-refractivity contribution is 5.96. The molecule has 1 saturated carbocycles. The second-order valence-electron chi connectivity index (χ2n) is 6.47. The molecule has 2 atom stereocenters. The SMILES string of the molecule is COc1cc(O)ccc1/C=C/C1=CC(=O)[C@H]2C[C@@H]1C2(C)C. The average Bonchev–Trinajstić information content (AvgIpc) is 2.44. The van der Waals surface area contributed by atoms with Crippen molar-refractivity contribution in [2.24, 2.45) is 17.3 Å². The molecule has 0 unspecified atom stereocenters. The predicted octanol–water partition coefficient (Wildman–Crippen LogP) is 3.59. The van der Waals surface area contributed by atoms with Gasteiger partial charge in [0, 0.05) is 17.5 Å². The van der Waals surface area contributed by atoms with E-state index in [4.69, 9.17) is 4.74 Å². The fourth-order valence-corrected chi connectivity index (χ4v) is 3.53. The van der Waals surface area contributed by atoms with Crippen LogP contribution in [0.3, 0.4) is 0 Å². The molecule has 1 aromatic carbocycles. The van der Waals surface area contributed by atoms with E-state index in [1.807, 2.05) is 18.2 Å². The molecule has 4 rings (SSSR count). The zero-order valence-corrected chi connectivity index (χ0v) is 12.6. The van der Waals surface area contributed by atoms with Gasteiger partial charge in [-0.2, -0.15) is 0 Å². The third kappa shape index (κ3) is 2.17. The van der Waals surface area contributed by atoms with Gasteiger partial charge in [-0.05, 0) is 41.5 Å². The van der Waals surface area contributed by atoms with E-state index in [0.29, 0.717) is 11.7 Å². The summed E-state index contributed by atoms with van der Waals surface area (Å²) in [6.45, 7) is 4.34. The normalized spacial score (nSPS) is 26.4. The largest absolute Gasteiger partial charge is 0.508 e. The van der Waals surface area contributed by atoms with E-state index < -0.39 is 0 Å². The van der Waals surface area contributed by atoms with Gasteiger partial charge >= 0.3 is 0 Å². The summed E-state index contributed by atoms with van der Waals surface area (Å²) in [6.07, 6.45) is 6.71. The minimum absolute atomic E-state index is 0.0740. The summed E-state index contributed by atoms with van der Waals surface area (Å²) in [5.41, 5.74) is 2.07. The Hall–Kier alpha value is -2.03. The average molecular weight is 284 g/mol. The lowest BCUT2D eigenvalue weighted by molar-refractivity contribution is -0.133. The van der Waals surface area contributed by atoms with Crippen LogP contribution in [0.25, 0.3) is 6.08 Å². The standard InChI is InChI=1S/C18H20O3/c1-18(2)14-10-15(18)16(20)8-12(14)5-4-11-6-7-13(19)9-17(11)21-3/h4-9,14-15,19H,10H2,1-3H3/b5-4+/t14-,15+/m0/s1. The summed E-state index contributed by atoms with van der Waals surface area (Å²) >= 11 is 0. The molecular formula is C18H20O3. The van der Waals surface area contributed by atoms with Crippen molar-refractivity contribution in [2.45, 2.75) is 20.3 Å². The highest BCUT2D eigenvalue weighted by atomic mass is 16.5. The van der Waals surface area contributed by atoms with Gasteiger partial charge in [0.2, 0.25) is 0 Å². The second-order valence-corrected chi connectivity index (χ2v) is 6.47. The molecule has 2 bridgehead atoms. The predicted molar refractivity (Wildman–Crippen MR) is 82.2 cm³/mol. The Labute approximate surface area is 124 Å². The number of rotatable bonds is 3. The maximum Gasteiger partial charge on any atom is 0.159 e. The van der Waals surface area contributed by atoms with Gasteiger partial charge in [0.15, 0.2) is 5.78 Å². The van der Waals surface area contributed by atoms with Crippen LogP contribution in [0.15, 0.2) is 35.9 Å². The maximum absolute atomic E-state index is 12.1. The Morgan fingerprint density at radius 1 is 1.29 bits per heavy atom. The minimum atomic E-state index is 0.0740. The molecule has 0 heterocycles. The Morgan fingerprint density at radius 3 is 2.67 bits per heavy atom. The number of aromatic hydroxyl groups is 1. The van der Waals surface area contributed by atoms with Crippen LogP contribution in [0.2, 0.25) is 0 Å². The van der Waals surface area contributed by atoms with Crippen LogP contribution in [0.1, 0.15) is 25.8 Å². The Morgan fingerprint density at radius 2 is 2.05 bits per heavy atom. The van der Waals surface area contributed by atoms with Crippen molar-refractivity contribution in [1.29, 1.82) is 0 Å². The first-order chi connectivity index (χ1) is 9.93. The lowest BCUT2D eigenvalue weighted by Gasteiger charge is -2.54. The number of allylic oxidation sites excluding steroid dienone is 3. The molecule has 0 aromatic heterocycles. The highest BCUT2D eigenvalue weighted by Gasteiger charge is 2.54. The molecule has 0 amide bonds. The molecule has 1 N–H and O–H groups in total. The highest BCUT2D eigenvalue weighted by Crippen LogP contribution is 2.58. The lowest BCUT2D eigenvalue weighted by atomic mass is 9.48. The smallest absolute Gasteiger partial charge is 0.159 e. The maximum atomic E-state index is 12.1. The van der Waals surface area contributed by atoms with E-state index in [9.17, 15) is 9.90 Å². The zero-order chi connectivity index (χ0) is 15.2. The first-order valence-corrected chi connectivity index (χ1v) is 7.24. The van der Waals surface area contributed by atoms with Gasteiger partial charge in [-0.1, -0.05) is 26.0 Å². The first-order valence-electron chi connectivity index (χ1n) is 7.24. The van der Waals surface area contributed by atoms with Crippen molar-refractivity contribution in [3.63, 3.8) is 0 Å². The molecule has 21 heavy (non-hydrogen) atoms. The number of ether oxygens (including phenoxy) is 1. The van der Waals surface area contributed by atoms with E-state index >= 15 is 0 Å². The van der Waals surface area contributed by atoms with Crippen LogP contribution in [-0.4, -0.2) is 18.0 Å². The van der Waals surface area contributed by atoms with Crippen LogP contribution >= 0.6 is 0 Å². The molecule has 3 aliphatic carbocycles. The van der Waals surface area contributed by atoms with Gasteiger partial charge in [-0.15, -0.1) is 0 Å². The van der Waals surface area contributed by atoms with Gasteiger partial charge in [0.1, 0.15) is 11.5 Å². The molecule has 110 valence electrons. The summed E-state index contributed by atoms with van der Waals surface area (Å²) < 4.78 is 5.27. The molecule has 3 aliphatic rings. The van der Waals surface area contributed by atoms with Gasteiger partial charge in [0.25, 0.3) is 0 Å². The molecule has 3 heteroatoms. The quantitative estimate of drug-likeness (QED) is 0.922. The summed E-state index contributed by atoms with van der Waals surface area (Å²) in [6, 6.07) is 5.03. The summed E-state index contributed by atoms with van der Waals surface area (Å²) in [5.74, 6) is 1.71. The van der Waals surface area contributed by atoms with Crippen molar-refractivity contribution in [3.8, 4) is 11.5 Å². The van der Waals surface area contributed by atoms with Gasteiger partial charge in [0.05, 0.1) is 7.11 Å². The monoisotopic (exact) mass is 284 g/mol. The lowest BCUT2D eigenvalue weighted by Crippen LogP contribution is -2.52. The van der Waals surface area contributed by atoms with Crippen LogP contribution in [0.4, 0.5) is 0 Å². The molecule has 0 aliphatic heterocycles. The van der Waals surface area contributed by atoms with Gasteiger partial charge in [-0.3, -0.25) is 4.79 Å². The van der Waals surface area contributed by atoms with E-state index in [0.717, 1.165) is 17.6 Å². The second kappa shape index (κ2) is 4.76. The Bertz CT molecular complexity index is 652. The number of carbonyl (C=O) groups is 1. The number of phenols is 1. The van der Waals surface area contributed by atoms with Crippen molar-refractivity contribution >= 4 is 11.9 Å². The van der Waals surface area contributed by atoms with Crippen molar-refractivity contribution in [1.82, 2.24) is 0 Å². The fraction of sp³-hybridized carbons (Fsp3) is 0.389.